The van der Waals surface area contributed by atoms with Gasteiger partial charge in [-0.1, -0.05) is 13.8 Å². The molecule has 2 unspecified atom stereocenters. The van der Waals surface area contributed by atoms with E-state index in [0.29, 0.717) is 6.04 Å². The van der Waals surface area contributed by atoms with E-state index >= 15 is 0 Å². The summed E-state index contributed by atoms with van der Waals surface area (Å²) in [6.45, 7) is 6.72. The van der Waals surface area contributed by atoms with Crippen LogP contribution in [0.3, 0.4) is 0 Å². The van der Waals surface area contributed by atoms with Gasteiger partial charge < -0.3 is 15.3 Å². The molecular formula is C12H26N2O. The maximum Gasteiger partial charge on any atom is 0.0613 e. The van der Waals surface area contributed by atoms with Gasteiger partial charge in [0.25, 0.3) is 0 Å². The van der Waals surface area contributed by atoms with Gasteiger partial charge in [0, 0.05) is 11.6 Å². The molecule has 3 heteroatoms. The predicted molar refractivity (Wildman–Crippen MR) is 64.1 cm³/mol. The van der Waals surface area contributed by atoms with Gasteiger partial charge >= 0.3 is 0 Å². The molecule has 15 heavy (non-hydrogen) atoms. The molecule has 0 aliphatic heterocycles. The molecule has 0 amide bonds. The van der Waals surface area contributed by atoms with Crippen molar-refractivity contribution < 1.29 is 5.11 Å². The van der Waals surface area contributed by atoms with E-state index in [1.807, 2.05) is 0 Å². The fourth-order valence-electron chi connectivity index (χ4n) is 2.74. The van der Waals surface area contributed by atoms with Gasteiger partial charge in [0.05, 0.1) is 6.61 Å². The van der Waals surface area contributed by atoms with E-state index in [9.17, 15) is 5.11 Å². The number of rotatable bonds is 6. The minimum Gasteiger partial charge on any atom is -0.394 e. The summed E-state index contributed by atoms with van der Waals surface area (Å²) >= 11 is 0. The van der Waals surface area contributed by atoms with Crippen molar-refractivity contribution in [3.63, 3.8) is 0 Å². The first-order valence-electron chi connectivity index (χ1n) is 6.23. The highest BCUT2D eigenvalue weighted by molar-refractivity contribution is 4.98. The summed E-state index contributed by atoms with van der Waals surface area (Å²) in [5.74, 6) is 0. The molecule has 0 aromatic carbocycles. The smallest absolute Gasteiger partial charge is 0.0613 e. The zero-order valence-corrected chi connectivity index (χ0v) is 10.4. The van der Waals surface area contributed by atoms with Crippen LogP contribution in [-0.4, -0.2) is 48.3 Å². The monoisotopic (exact) mass is 214 g/mol. The molecule has 2 N–H and O–H groups in total. The maximum atomic E-state index is 9.50. The Morgan fingerprint density at radius 3 is 2.73 bits per heavy atom. The largest absolute Gasteiger partial charge is 0.394 e. The Labute approximate surface area is 93.9 Å². The molecule has 90 valence electrons. The molecule has 0 aromatic heterocycles. The molecule has 0 heterocycles. The van der Waals surface area contributed by atoms with E-state index < -0.39 is 0 Å². The van der Waals surface area contributed by atoms with Crippen molar-refractivity contribution in [1.29, 1.82) is 0 Å². The third-order valence-electron chi connectivity index (χ3n) is 3.64. The van der Waals surface area contributed by atoms with E-state index in [0.717, 1.165) is 25.9 Å². The number of hydrogen-bond acceptors (Lipinski definition) is 3. The fraction of sp³-hybridized carbons (Fsp3) is 1.00. The topological polar surface area (TPSA) is 35.5 Å². The molecule has 1 fully saturated rings. The standard InChI is InChI=1S/C12H26N2O/c1-4-8-14(3)11-6-7-12(9-11,10-15)13-5-2/h11,13,15H,4-10H2,1-3H3. The van der Waals surface area contributed by atoms with E-state index in [1.165, 1.54) is 12.8 Å². The number of hydrogen-bond donors (Lipinski definition) is 2. The molecule has 1 saturated carbocycles. The first-order valence-corrected chi connectivity index (χ1v) is 6.23. The Hall–Kier alpha value is -0.120. The second-order valence-corrected chi connectivity index (χ2v) is 4.85. The lowest BCUT2D eigenvalue weighted by Gasteiger charge is -2.30. The predicted octanol–water partition coefficient (Wildman–Crippen LogP) is 1.22. The third-order valence-corrected chi connectivity index (χ3v) is 3.64. The van der Waals surface area contributed by atoms with E-state index in [2.05, 4.69) is 31.1 Å². The minimum atomic E-state index is 0.00141. The van der Waals surface area contributed by atoms with E-state index in [1.54, 1.807) is 0 Å². The lowest BCUT2D eigenvalue weighted by molar-refractivity contribution is 0.152. The summed E-state index contributed by atoms with van der Waals surface area (Å²) in [4.78, 5) is 2.44. The summed E-state index contributed by atoms with van der Waals surface area (Å²) < 4.78 is 0. The number of aliphatic hydroxyl groups is 1. The van der Waals surface area contributed by atoms with Gasteiger partial charge in [0.2, 0.25) is 0 Å². The van der Waals surface area contributed by atoms with Crippen LogP contribution in [0.5, 0.6) is 0 Å². The molecule has 0 radical (unpaired) electrons. The summed E-state index contributed by atoms with van der Waals surface area (Å²) in [5, 5.41) is 13.0. The number of likely N-dealkylation sites (N-methyl/N-ethyl adjacent to an activating group) is 1. The third kappa shape index (κ3) is 3.16. The fourth-order valence-corrected chi connectivity index (χ4v) is 2.74. The maximum absolute atomic E-state index is 9.50. The van der Waals surface area contributed by atoms with Gasteiger partial charge in [-0.15, -0.1) is 0 Å². The van der Waals surface area contributed by atoms with Crippen molar-refractivity contribution in [3.05, 3.63) is 0 Å². The Balaban J connectivity index is 2.48. The molecule has 2 atom stereocenters. The highest BCUT2D eigenvalue weighted by atomic mass is 16.3. The van der Waals surface area contributed by atoms with Gasteiger partial charge in [-0.05, 0) is 45.8 Å². The first kappa shape index (κ1) is 12.9. The molecule has 0 bridgehead atoms. The first-order chi connectivity index (χ1) is 7.17. The lowest BCUT2D eigenvalue weighted by atomic mass is 9.98. The molecule has 0 spiro atoms. The Morgan fingerprint density at radius 2 is 2.20 bits per heavy atom. The number of aliphatic hydroxyl groups excluding tert-OH is 1. The van der Waals surface area contributed by atoms with Crippen molar-refractivity contribution in [3.8, 4) is 0 Å². The van der Waals surface area contributed by atoms with Crippen LogP contribution in [0.15, 0.2) is 0 Å². The van der Waals surface area contributed by atoms with Crippen LogP contribution < -0.4 is 5.32 Å². The molecule has 1 rings (SSSR count). The van der Waals surface area contributed by atoms with Crippen molar-refractivity contribution in [2.75, 3.05) is 26.7 Å². The van der Waals surface area contributed by atoms with Gasteiger partial charge in [-0.3, -0.25) is 0 Å². The van der Waals surface area contributed by atoms with Crippen LogP contribution in [0.1, 0.15) is 39.5 Å². The summed E-state index contributed by atoms with van der Waals surface area (Å²) in [5.41, 5.74) is 0.00141. The van der Waals surface area contributed by atoms with Crippen LogP contribution >= 0.6 is 0 Å². The van der Waals surface area contributed by atoms with Crippen LogP contribution in [0, 0.1) is 0 Å². The van der Waals surface area contributed by atoms with Crippen LogP contribution in [0.25, 0.3) is 0 Å². The van der Waals surface area contributed by atoms with Gasteiger partial charge in [0.15, 0.2) is 0 Å². The number of nitrogens with one attached hydrogen (secondary N) is 1. The Bertz CT molecular complexity index is 186. The normalized spacial score (nSPS) is 31.4. The van der Waals surface area contributed by atoms with Gasteiger partial charge in [-0.2, -0.15) is 0 Å². The quantitative estimate of drug-likeness (QED) is 0.698. The van der Waals surface area contributed by atoms with Crippen LogP contribution in [-0.2, 0) is 0 Å². The molecule has 0 saturated heterocycles. The van der Waals surface area contributed by atoms with Crippen molar-refractivity contribution in [2.45, 2.75) is 51.1 Å². The zero-order chi connectivity index (χ0) is 11.3. The average Bonchev–Trinajstić information content (AvgIpc) is 2.64. The van der Waals surface area contributed by atoms with Gasteiger partial charge in [-0.25, -0.2) is 0 Å². The minimum absolute atomic E-state index is 0.00141. The van der Waals surface area contributed by atoms with Crippen molar-refractivity contribution in [2.24, 2.45) is 0 Å². The summed E-state index contributed by atoms with van der Waals surface area (Å²) in [6.07, 6.45) is 4.62. The Kier molecular flexibility index (Phi) is 5.03. The molecular weight excluding hydrogens is 188 g/mol. The van der Waals surface area contributed by atoms with E-state index in [4.69, 9.17) is 0 Å². The second-order valence-electron chi connectivity index (χ2n) is 4.85. The van der Waals surface area contributed by atoms with Crippen molar-refractivity contribution in [1.82, 2.24) is 10.2 Å². The Morgan fingerprint density at radius 1 is 1.47 bits per heavy atom. The highest BCUT2D eigenvalue weighted by Crippen LogP contribution is 2.32. The SMILES string of the molecule is CCCN(C)C1CCC(CO)(NCC)C1. The summed E-state index contributed by atoms with van der Waals surface area (Å²) in [7, 11) is 2.20. The van der Waals surface area contributed by atoms with E-state index in [-0.39, 0.29) is 12.1 Å². The molecule has 3 nitrogen and oxygen atoms in total. The lowest BCUT2D eigenvalue weighted by Crippen LogP contribution is -2.47. The second kappa shape index (κ2) is 5.83. The van der Waals surface area contributed by atoms with Gasteiger partial charge in [0.1, 0.15) is 0 Å². The highest BCUT2D eigenvalue weighted by Gasteiger charge is 2.39. The van der Waals surface area contributed by atoms with Crippen LogP contribution in [0.4, 0.5) is 0 Å². The summed E-state index contributed by atoms with van der Waals surface area (Å²) in [6, 6.07) is 0.649. The zero-order valence-electron chi connectivity index (χ0n) is 10.4. The van der Waals surface area contributed by atoms with Crippen molar-refractivity contribution >= 4 is 0 Å². The number of nitrogens with zero attached hydrogens (tertiary/aromatic N) is 1. The average molecular weight is 214 g/mol. The molecule has 1 aliphatic carbocycles. The van der Waals surface area contributed by atoms with Crippen LogP contribution in [0.2, 0.25) is 0 Å². The molecule has 1 aliphatic rings. The molecule has 0 aromatic rings.